The Morgan fingerprint density at radius 1 is 0.842 bits per heavy atom. The predicted molar refractivity (Wildman–Crippen MR) is 83.1 cm³/mol. The van der Waals surface area contributed by atoms with Crippen molar-refractivity contribution < 1.29 is 20.4 Å². The molecular weight excluding hydrogens is 334 g/mol. The Hall–Kier alpha value is 1.06. The molecule has 0 aromatic heterocycles. The Morgan fingerprint density at radius 2 is 1.37 bits per heavy atom. The quantitative estimate of drug-likeness (QED) is 0.574. The normalized spacial score (nSPS) is 41.5. The molecule has 19 heavy (non-hydrogen) atoms. The van der Waals surface area contributed by atoms with Crippen LogP contribution in [0.4, 0.5) is 0 Å². The summed E-state index contributed by atoms with van der Waals surface area (Å²) in [5.74, 6) is 5.31. The van der Waals surface area contributed by atoms with Gasteiger partial charge in [-0.25, -0.2) is 0 Å². The zero-order chi connectivity index (χ0) is 10.7. The average molecular weight is 357 g/mol. The van der Waals surface area contributed by atoms with Crippen LogP contribution in [0, 0.1) is 29.6 Å². The molecule has 0 unspecified atom stereocenters. The van der Waals surface area contributed by atoms with E-state index in [0.29, 0.717) is 0 Å². The molecule has 0 aromatic carbocycles. The molecule has 0 heterocycles. The topological polar surface area (TPSA) is 0 Å². The summed E-state index contributed by atoms with van der Waals surface area (Å²) < 4.78 is 1.68. The van der Waals surface area contributed by atoms with E-state index in [4.69, 9.17) is 0 Å². The van der Waals surface area contributed by atoms with Gasteiger partial charge < -0.3 is 0 Å². The Kier molecular flexibility index (Phi) is 6.56. The SMILES string of the molecule is Cl.Cl.Cl.[Ti][C]1=C(C2C3CC4CC(C3)CC2C4)C=CC1. The van der Waals surface area contributed by atoms with E-state index in [2.05, 4.69) is 32.6 Å². The van der Waals surface area contributed by atoms with Crippen molar-refractivity contribution in [3.63, 3.8) is 0 Å². The first-order valence-electron chi connectivity index (χ1n) is 6.92. The van der Waals surface area contributed by atoms with Crippen molar-refractivity contribution in [3.05, 3.63) is 21.6 Å². The van der Waals surface area contributed by atoms with Crippen molar-refractivity contribution in [3.8, 4) is 0 Å². The summed E-state index contributed by atoms with van der Waals surface area (Å²) in [5, 5.41) is 0. The minimum atomic E-state index is 0. The molecule has 4 fully saturated rings. The summed E-state index contributed by atoms with van der Waals surface area (Å²) in [5.41, 5.74) is 1.76. The third-order valence-electron chi connectivity index (χ3n) is 5.55. The van der Waals surface area contributed by atoms with Crippen LogP contribution < -0.4 is 0 Å². The van der Waals surface area contributed by atoms with Gasteiger partial charge in [-0.15, -0.1) is 37.2 Å². The van der Waals surface area contributed by atoms with Crippen molar-refractivity contribution in [1.82, 2.24) is 0 Å². The fourth-order valence-corrected chi connectivity index (χ4v) is 5.84. The van der Waals surface area contributed by atoms with Gasteiger partial charge in [0.1, 0.15) is 0 Å². The van der Waals surface area contributed by atoms with Crippen molar-refractivity contribution >= 4 is 37.2 Å². The Labute approximate surface area is 146 Å². The standard InChI is InChI=1S/C15H19.3ClH.Ti/c1-2-4-12(3-1)15-13-6-10-5-11(8-13)9-14(15)7-10;;;;/h1,3,10-11,13-15H,2,5-9H2;3*1H;. The predicted octanol–water partition coefficient (Wildman–Crippen LogP) is 5.08. The Bertz CT molecular complexity index is 361. The molecule has 0 aromatic rings. The first kappa shape index (κ1) is 18.1. The molecule has 4 saturated carbocycles. The molecule has 5 rings (SSSR count). The first-order chi connectivity index (χ1) is 7.81. The first-order valence-corrected chi connectivity index (χ1v) is 7.70. The van der Waals surface area contributed by atoms with E-state index < -0.39 is 0 Å². The zero-order valence-electron chi connectivity index (χ0n) is 11.0. The summed E-state index contributed by atoms with van der Waals surface area (Å²) in [6.45, 7) is 0. The van der Waals surface area contributed by atoms with E-state index in [0.717, 1.165) is 29.6 Å². The van der Waals surface area contributed by atoms with Gasteiger partial charge in [0.05, 0.1) is 0 Å². The molecular formula is C15H22Cl3Ti. The van der Waals surface area contributed by atoms with Crippen LogP contribution in [0.1, 0.15) is 38.5 Å². The second kappa shape index (κ2) is 6.88. The van der Waals surface area contributed by atoms with Crippen LogP contribution in [0.3, 0.4) is 0 Å². The number of hydrogen-bond donors (Lipinski definition) is 0. The van der Waals surface area contributed by atoms with Crippen LogP contribution in [0.25, 0.3) is 0 Å². The van der Waals surface area contributed by atoms with E-state index in [1.165, 1.54) is 6.42 Å². The molecule has 4 bridgehead atoms. The van der Waals surface area contributed by atoms with Gasteiger partial charge in [0.15, 0.2) is 0 Å². The van der Waals surface area contributed by atoms with Crippen LogP contribution in [0.15, 0.2) is 21.6 Å². The van der Waals surface area contributed by atoms with E-state index in [1.807, 2.05) is 0 Å². The summed E-state index contributed by atoms with van der Waals surface area (Å²) in [6.07, 6.45) is 13.9. The third kappa shape index (κ3) is 2.99. The van der Waals surface area contributed by atoms with Gasteiger partial charge in [-0.2, -0.15) is 0 Å². The molecule has 0 amide bonds. The molecule has 0 radical (unpaired) electrons. The number of hydrogen-bond acceptors (Lipinski definition) is 0. The summed E-state index contributed by atoms with van der Waals surface area (Å²) in [6, 6.07) is 0. The monoisotopic (exact) mass is 355 g/mol. The average Bonchev–Trinajstić information content (AvgIpc) is 2.63. The third-order valence-corrected chi connectivity index (χ3v) is 6.32. The Morgan fingerprint density at radius 3 is 1.79 bits per heavy atom. The molecule has 0 aliphatic heterocycles. The number of halogens is 3. The molecule has 0 spiro atoms. The van der Waals surface area contributed by atoms with Crippen LogP contribution >= 0.6 is 37.2 Å². The fourth-order valence-electron chi connectivity index (χ4n) is 5.27. The van der Waals surface area contributed by atoms with Gasteiger partial charge in [0, 0.05) is 0 Å². The van der Waals surface area contributed by atoms with Gasteiger partial charge in [-0.05, 0) is 0 Å². The molecule has 0 atom stereocenters. The number of rotatable bonds is 1. The van der Waals surface area contributed by atoms with E-state index in [9.17, 15) is 0 Å². The number of allylic oxidation sites excluding steroid dienone is 4. The molecule has 0 N–H and O–H groups in total. The Balaban J connectivity index is 0.000000602. The van der Waals surface area contributed by atoms with Gasteiger partial charge in [0.25, 0.3) is 0 Å². The minimum absolute atomic E-state index is 0. The van der Waals surface area contributed by atoms with Crippen molar-refractivity contribution in [2.75, 3.05) is 0 Å². The maximum atomic E-state index is 2.46. The molecule has 0 nitrogen and oxygen atoms in total. The fraction of sp³-hybridized carbons (Fsp3) is 0.733. The molecule has 4 heteroatoms. The van der Waals surface area contributed by atoms with Crippen molar-refractivity contribution in [2.24, 2.45) is 29.6 Å². The summed E-state index contributed by atoms with van der Waals surface area (Å²) in [4.78, 5) is 0. The molecule has 107 valence electrons. The summed E-state index contributed by atoms with van der Waals surface area (Å²) in [7, 11) is 0. The van der Waals surface area contributed by atoms with Gasteiger partial charge in [-0.3, -0.25) is 0 Å². The molecule has 0 saturated heterocycles. The van der Waals surface area contributed by atoms with Crippen molar-refractivity contribution in [2.45, 2.75) is 38.5 Å². The maximum absolute atomic E-state index is 2.46. The van der Waals surface area contributed by atoms with Crippen molar-refractivity contribution in [1.29, 1.82) is 0 Å². The second-order valence-corrected chi connectivity index (χ2v) is 7.44. The van der Waals surface area contributed by atoms with E-state index in [-0.39, 0.29) is 37.2 Å². The van der Waals surface area contributed by atoms with Gasteiger partial charge in [-0.1, -0.05) is 0 Å². The zero-order valence-corrected chi connectivity index (χ0v) is 15.0. The van der Waals surface area contributed by atoms with Crippen LogP contribution in [0.5, 0.6) is 0 Å². The van der Waals surface area contributed by atoms with Gasteiger partial charge >= 0.3 is 110 Å². The van der Waals surface area contributed by atoms with Crippen LogP contribution in [0.2, 0.25) is 0 Å². The second-order valence-electron chi connectivity index (χ2n) is 6.50. The summed E-state index contributed by atoms with van der Waals surface area (Å²) >= 11 is 2.36. The van der Waals surface area contributed by atoms with E-state index in [1.54, 1.807) is 41.6 Å². The molecule has 5 aliphatic rings. The van der Waals surface area contributed by atoms with Crippen LogP contribution in [-0.4, -0.2) is 0 Å². The van der Waals surface area contributed by atoms with Gasteiger partial charge in [0.2, 0.25) is 0 Å². The molecule has 5 aliphatic carbocycles. The van der Waals surface area contributed by atoms with E-state index >= 15 is 0 Å². The van der Waals surface area contributed by atoms with Crippen LogP contribution in [-0.2, 0) is 20.4 Å².